The maximum absolute atomic E-state index is 5.87. The third-order valence-electron chi connectivity index (χ3n) is 3.76. The molecule has 1 saturated heterocycles. The van der Waals surface area contributed by atoms with E-state index in [1.54, 1.807) is 12.5 Å². The van der Waals surface area contributed by atoms with Gasteiger partial charge in [-0.05, 0) is 38.8 Å². The van der Waals surface area contributed by atoms with E-state index in [1.165, 1.54) is 0 Å². The van der Waals surface area contributed by atoms with Crippen LogP contribution in [-0.4, -0.2) is 45.7 Å². The van der Waals surface area contributed by atoms with E-state index in [4.69, 9.17) is 4.74 Å². The minimum absolute atomic E-state index is 0.188. The molecule has 0 amide bonds. The Labute approximate surface area is 130 Å². The van der Waals surface area contributed by atoms with Gasteiger partial charge in [0.1, 0.15) is 6.33 Å². The van der Waals surface area contributed by atoms with Gasteiger partial charge in [-0.25, -0.2) is 19.9 Å². The Morgan fingerprint density at radius 2 is 2.09 bits per heavy atom. The van der Waals surface area contributed by atoms with Crippen LogP contribution in [0.3, 0.4) is 0 Å². The lowest BCUT2D eigenvalue weighted by Crippen LogP contribution is -2.43. The second kappa shape index (κ2) is 6.79. The van der Waals surface area contributed by atoms with Crippen molar-refractivity contribution in [2.24, 2.45) is 0 Å². The van der Waals surface area contributed by atoms with Crippen molar-refractivity contribution in [3.63, 3.8) is 0 Å². The Morgan fingerprint density at radius 3 is 2.82 bits per heavy atom. The number of ether oxygens (including phenoxy) is 1. The van der Waals surface area contributed by atoms with Crippen LogP contribution in [0, 0.1) is 13.8 Å². The molecule has 0 radical (unpaired) electrons. The zero-order valence-electron chi connectivity index (χ0n) is 13.1. The highest BCUT2D eigenvalue weighted by Gasteiger charge is 2.22. The first-order valence-electron chi connectivity index (χ1n) is 7.64. The highest BCUT2D eigenvalue weighted by molar-refractivity contribution is 5.33. The lowest BCUT2D eigenvalue weighted by atomic mass is 10.1. The Hall–Kier alpha value is -2.08. The molecule has 1 aliphatic rings. The number of aromatic nitrogens is 4. The lowest BCUT2D eigenvalue weighted by molar-refractivity contribution is 0.0347. The molecule has 3 heterocycles. The molecule has 6 heteroatoms. The Balaban J connectivity index is 1.61. The number of anilines is 1. The fraction of sp³-hybridized carbons (Fsp3) is 0.500. The molecule has 3 rings (SSSR count). The van der Waals surface area contributed by atoms with Gasteiger partial charge in [-0.3, -0.25) is 0 Å². The predicted molar refractivity (Wildman–Crippen MR) is 83.8 cm³/mol. The largest absolute Gasteiger partial charge is 0.375 e. The number of nitrogens with zero attached hydrogens (tertiary/aromatic N) is 5. The standard InChI is InChI=1S/C16H21N5O/c1-12-9-13(2)20-16(19-12)21-7-8-22-15(10-21)4-3-14-5-6-17-11-18-14/h5-6,9,11,15H,3-4,7-8,10H2,1-2H3/t15-/m0/s1. The molecule has 0 saturated carbocycles. The molecule has 1 fully saturated rings. The molecule has 0 N–H and O–H groups in total. The van der Waals surface area contributed by atoms with Gasteiger partial charge in [0.05, 0.1) is 12.7 Å². The topological polar surface area (TPSA) is 64.0 Å². The van der Waals surface area contributed by atoms with Gasteiger partial charge in [-0.2, -0.15) is 0 Å². The molecular formula is C16H21N5O. The third kappa shape index (κ3) is 3.76. The van der Waals surface area contributed by atoms with Crippen molar-refractivity contribution in [2.45, 2.75) is 32.8 Å². The van der Waals surface area contributed by atoms with Crippen molar-refractivity contribution in [1.82, 2.24) is 19.9 Å². The summed E-state index contributed by atoms with van der Waals surface area (Å²) in [7, 11) is 0. The average molecular weight is 299 g/mol. The van der Waals surface area contributed by atoms with Crippen LogP contribution in [-0.2, 0) is 11.2 Å². The van der Waals surface area contributed by atoms with Gasteiger partial charge < -0.3 is 9.64 Å². The maximum Gasteiger partial charge on any atom is 0.225 e. The first kappa shape index (κ1) is 14.8. The second-order valence-electron chi connectivity index (χ2n) is 5.63. The molecule has 0 aromatic carbocycles. The summed E-state index contributed by atoms with van der Waals surface area (Å²) in [6.45, 7) is 6.39. The summed E-state index contributed by atoms with van der Waals surface area (Å²) >= 11 is 0. The van der Waals surface area contributed by atoms with Crippen LogP contribution in [0.5, 0.6) is 0 Å². The minimum atomic E-state index is 0.188. The highest BCUT2D eigenvalue weighted by Crippen LogP contribution is 2.17. The molecule has 2 aromatic rings. The second-order valence-corrected chi connectivity index (χ2v) is 5.63. The summed E-state index contributed by atoms with van der Waals surface area (Å²) < 4.78 is 5.87. The molecule has 1 aliphatic heterocycles. The summed E-state index contributed by atoms with van der Waals surface area (Å²) in [4.78, 5) is 19.5. The molecule has 116 valence electrons. The molecule has 2 aromatic heterocycles. The molecule has 0 aliphatic carbocycles. The number of aryl methyl sites for hydroxylation is 3. The third-order valence-corrected chi connectivity index (χ3v) is 3.76. The van der Waals surface area contributed by atoms with Crippen LogP contribution in [0.15, 0.2) is 24.7 Å². The normalized spacial score (nSPS) is 18.5. The van der Waals surface area contributed by atoms with E-state index in [-0.39, 0.29) is 6.10 Å². The predicted octanol–water partition coefficient (Wildman–Crippen LogP) is 1.72. The van der Waals surface area contributed by atoms with Crippen molar-refractivity contribution < 1.29 is 4.74 Å². The van der Waals surface area contributed by atoms with E-state index in [1.807, 2.05) is 26.0 Å². The number of rotatable bonds is 4. The minimum Gasteiger partial charge on any atom is -0.375 e. The van der Waals surface area contributed by atoms with Gasteiger partial charge in [-0.15, -0.1) is 0 Å². The Kier molecular flexibility index (Phi) is 4.58. The summed E-state index contributed by atoms with van der Waals surface area (Å²) in [5, 5.41) is 0. The molecular weight excluding hydrogens is 278 g/mol. The average Bonchev–Trinajstić information content (AvgIpc) is 2.53. The molecule has 0 spiro atoms. The molecule has 0 bridgehead atoms. The summed E-state index contributed by atoms with van der Waals surface area (Å²) in [6.07, 6.45) is 5.40. The Morgan fingerprint density at radius 1 is 1.27 bits per heavy atom. The fourth-order valence-electron chi connectivity index (χ4n) is 2.70. The highest BCUT2D eigenvalue weighted by atomic mass is 16.5. The lowest BCUT2D eigenvalue weighted by Gasteiger charge is -2.33. The van der Waals surface area contributed by atoms with Gasteiger partial charge >= 0.3 is 0 Å². The van der Waals surface area contributed by atoms with Crippen molar-refractivity contribution in [3.8, 4) is 0 Å². The van der Waals surface area contributed by atoms with Gasteiger partial charge in [0.2, 0.25) is 5.95 Å². The summed E-state index contributed by atoms with van der Waals surface area (Å²) in [5.41, 5.74) is 3.07. The monoisotopic (exact) mass is 299 g/mol. The molecule has 1 atom stereocenters. The molecule has 6 nitrogen and oxygen atoms in total. The van der Waals surface area contributed by atoms with Gasteiger partial charge in [0, 0.05) is 36.4 Å². The van der Waals surface area contributed by atoms with Crippen LogP contribution in [0.4, 0.5) is 5.95 Å². The number of hydrogen-bond acceptors (Lipinski definition) is 6. The molecule has 0 unspecified atom stereocenters. The first-order valence-corrected chi connectivity index (χ1v) is 7.64. The van der Waals surface area contributed by atoms with Crippen LogP contribution < -0.4 is 4.90 Å². The van der Waals surface area contributed by atoms with Gasteiger partial charge in [-0.1, -0.05) is 0 Å². The van der Waals surface area contributed by atoms with Crippen molar-refractivity contribution >= 4 is 5.95 Å². The Bertz CT molecular complexity index is 599. The van der Waals surface area contributed by atoms with E-state index in [0.29, 0.717) is 6.61 Å². The first-order chi connectivity index (χ1) is 10.7. The van der Waals surface area contributed by atoms with E-state index >= 15 is 0 Å². The summed E-state index contributed by atoms with van der Waals surface area (Å²) in [6, 6.07) is 3.95. The van der Waals surface area contributed by atoms with Crippen LogP contribution in [0.2, 0.25) is 0 Å². The van der Waals surface area contributed by atoms with E-state index in [0.717, 1.165) is 49.0 Å². The van der Waals surface area contributed by atoms with Crippen LogP contribution in [0.25, 0.3) is 0 Å². The quantitative estimate of drug-likeness (QED) is 0.856. The van der Waals surface area contributed by atoms with Crippen molar-refractivity contribution in [2.75, 3.05) is 24.6 Å². The maximum atomic E-state index is 5.87. The van der Waals surface area contributed by atoms with Gasteiger partial charge in [0.15, 0.2) is 0 Å². The van der Waals surface area contributed by atoms with E-state index in [2.05, 4.69) is 24.8 Å². The number of hydrogen-bond donors (Lipinski definition) is 0. The van der Waals surface area contributed by atoms with E-state index in [9.17, 15) is 0 Å². The smallest absolute Gasteiger partial charge is 0.225 e. The zero-order chi connectivity index (χ0) is 15.4. The number of morpholine rings is 1. The molecule has 22 heavy (non-hydrogen) atoms. The summed E-state index contributed by atoms with van der Waals surface area (Å²) in [5.74, 6) is 0.813. The van der Waals surface area contributed by atoms with Crippen LogP contribution in [0.1, 0.15) is 23.5 Å². The van der Waals surface area contributed by atoms with Crippen molar-refractivity contribution in [3.05, 3.63) is 41.7 Å². The zero-order valence-corrected chi connectivity index (χ0v) is 13.1. The SMILES string of the molecule is Cc1cc(C)nc(N2CCO[C@@H](CCc3ccncn3)C2)n1. The fourth-order valence-corrected chi connectivity index (χ4v) is 2.70. The van der Waals surface area contributed by atoms with E-state index < -0.39 is 0 Å². The van der Waals surface area contributed by atoms with Crippen LogP contribution >= 0.6 is 0 Å². The van der Waals surface area contributed by atoms with Crippen molar-refractivity contribution in [1.29, 1.82) is 0 Å². The van der Waals surface area contributed by atoms with Gasteiger partial charge in [0.25, 0.3) is 0 Å².